The Labute approximate surface area is 645 Å². The average Bonchev–Trinajstić information content (AvgIpc) is 0.763. The van der Waals surface area contributed by atoms with Crippen LogP contribution in [-0.2, 0) is 62.0 Å². The van der Waals surface area contributed by atoms with Gasteiger partial charge in [-0.15, -0.1) is 0 Å². The van der Waals surface area contributed by atoms with Crippen LogP contribution in [0.1, 0.15) is 138 Å². The van der Waals surface area contributed by atoms with E-state index in [-0.39, 0.29) is 58.4 Å². The van der Waals surface area contributed by atoms with Crippen molar-refractivity contribution < 1.29 is 127 Å². The zero-order valence-electron chi connectivity index (χ0n) is 61.1. The van der Waals surface area contributed by atoms with Crippen molar-refractivity contribution in [3.63, 3.8) is 0 Å². The Hall–Kier alpha value is -8.92. The summed E-state index contributed by atoms with van der Waals surface area (Å²) in [5.41, 5.74) is 13.8. The molecule has 0 saturated carbocycles. The number of phenolic OH excluding ortho intramolecular Hbond substituents is 3. The first-order valence-electron chi connectivity index (χ1n) is 35.8. The number of hydrogen-bond acceptors (Lipinski definition) is 28. The van der Waals surface area contributed by atoms with Gasteiger partial charge in [0.15, 0.2) is 47.8 Å². The lowest BCUT2D eigenvalue weighted by Crippen LogP contribution is -2.64. The maximum atomic E-state index is 16.5. The fourth-order valence-electron chi connectivity index (χ4n) is 14.8. The van der Waals surface area contributed by atoms with Gasteiger partial charge in [0.2, 0.25) is 41.6 Å². The molecule has 8 aliphatic heterocycles. The number of primary amides is 1. The Bertz CT molecular complexity index is 4420. The average molecular weight is 1590 g/mol. The van der Waals surface area contributed by atoms with Gasteiger partial charge in [0.25, 0.3) is 0 Å². The number of carboxylic acids is 1. The van der Waals surface area contributed by atoms with Gasteiger partial charge in [0.05, 0.1) is 58.9 Å². The lowest BCUT2D eigenvalue weighted by molar-refractivity contribution is -0.333. The van der Waals surface area contributed by atoms with Crippen LogP contribution in [0, 0.1) is 11.8 Å². The summed E-state index contributed by atoms with van der Waals surface area (Å²) in [7, 11) is 1.49. The molecule has 3 fully saturated rings. The number of nitrogens with two attached hydrogens (primary N) is 3. The van der Waals surface area contributed by atoms with Gasteiger partial charge in [-0.2, -0.15) is 0 Å². The van der Waals surface area contributed by atoms with E-state index < -0.39 is 268 Å². The number of aromatic hydroxyl groups is 3. The first-order chi connectivity index (χ1) is 52.3. The second-order valence-corrected chi connectivity index (χ2v) is 30.7. The molecule has 8 aliphatic rings. The number of halogens is 2. The Morgan fingerprint density at radius 2 is 1.28 bits per heavy atom. The van der Waals surface area contributed by atoms with Gasteiger partial charge in [0.1, 0.15) is 77.4 Å². The number of aliphatic hydroxyl groups excluding tert-OH is 6. The van der Waals surface area contributed by atoms with Crippen LogP contribution in [0.2, 0.25) is 10.0 Å². The number of carboxylic acid groups (broad SMARTS) is 1. The fraction of sp³-hybridized carbons (Fsp3) is 0.493. The predicted octanol–water partition coefficient (Wildman–Crippen LogP) is 2.32. The molecule has 5 aromatic rings. The van der Waals surface area contributed by atoms with E-state index >= 15 is 24.0 Å². The minimum absolute atomic E-state index is 0.0896. The summed E-state index contributed by atoms with van der Waals surface area (Å²) in [6, 6.07) is 4.88. The van der Waals surface area contributed by atoms with Crippen LogP contribution in [0.25, 0.3) is 11.1 Å². The lowest BCUT2D eigenvalue weighted by atomic mass is 9.84. The number of fused-ring (bicyclic) bond motifs is 15. The number of carbonyl (C=O) groups excluding carboxylic acids is 7. The van der Waals surface area contributed by atoms with E-state index in [0.717, 1.165) is 42.5 Å². The third-order valence-electron chi connectivity index (χ3n) is 20.7. The number of amides is 5. The van der Waals surface area contributed by atoms with E-state index in [0.29, 0.717) is 0 Å². The number of benzene rings is 5. The molecule has 5 aromatic carbocycles. The van der Waals surface area contributed by atoms with Gasteiger partial charge in [-0.05, 0) is 124 Å². The molecule has 13 rings (SSSR count). The molecule has 13 unspecified atom stereocenters. The van der Waals surface area contributed by atoms with Crippen LogP contribution < -0.4 is 58.0 Å². The molecule has 600 valence electrons. The molecule has 0 aromatic heterocycles. The number of aliphatic carboxylic acids is 1. The number of Topliss-reactive ketones (excluding diaryl/α,β-unsaturated/α-hetero) is 2. The number of hydrogen-bond donors (Lipinski definition) is 18. The number of ketones is 2. The molecule has 0 spiro atoms. The summed E-state index contributed by atoms with van der Waals surface area (Å²) in [6.45, 7) is 8.66. The highest BCUT2D eigenvalue weighted by Gasteiger charge is 2.52. The summed E-state index contributed by atoms with van der Waals surface area (Å²) < 4.78 is 51.8. The predicted molar refractivity (Wildman–Crippen MR) is 388 cm³/mol. The molecule has 36 heteroatoms. The number of carbonyl (C=O) groups is 8. The molecule has 0 radical (unpaired) electrons. The maximum Gasteiger partial charge on any atom is 0.330 e. The van der Waals surface area contributed by atoms with Gasteiger partial charge < -0.3 is 133 Å². The Kier molecular flexibility index (Phi) is 25.0. The Morgan fingerprint density at radius 1 is 0.685 bits per heavy atom. The third kappa shape index (κ3) is 17.8. The standard InChI is InChI=1S/C75H90Cl2N8O26/c1-28(2)14-42(81-7)70(100)84-58-45(90)18-35(21-52(78)92)68(98)82-56-34-19-49(106-47-12-9-32(60(58)93)16-40(47)76)64(111-73-65(62(95)61(94)51(27-86)108-73)110-54-26-75(6,80)67(97)30(4)105-54)50(20-34)107-48-13-10-33(17-41(48)77)63(109-53-25-74(5,79)66(96)29(3)104-53)59-71(101)83-57(72(102)103)39-22-36(87)23-44(89)55(39)38-15-31(8-11-43(38)88)37(24-46(56)91)69(99)85-59/h8-13,15-17,19-20,22-23,28-30,35,37,42,51,53-54,56-63,65-67,73,81,86-89,93-97H,14,18,21,24-27,79-80H2,1-7H3,(H2,78,92)(H,82,98)(H,83,101)(H,84,100)(H,85,99)(H,102,103)/t29?,30?,35-,37+,42+,51?,53?,54?,56+,57-,58-,59-,60+,61?,62?,63+,65?,66?,67?,73?,74?,75?/m0/s1. The topological polar surface area (TPSA) is 551 Å². The third-order valence-corrected chi connectivity index (χ3v) is 21.3. The van der Waals surface area contributed by atoms with Crippen molar-refractivity contribution in [2.75, 3.05) is 13.7 Å². The lowest BCUT2D eigenvalue weighted by Gasteiger charge is -2.47. The zero-order valence-corrected chi connectivity index (χ0v) is 62.6. The second kappa shape index (κ2) is 33.4. The molecule has 11 bridgehead atoms. The number of aliphatic hydroxyl groups is 6. The van der Waals surface area contributed by atoms with Crippen LogP contribution in [-0.4, -0.2) is 209 Å². The second-order valence-electron chi connectivity index (χ2n) is 29.8. The monoisotopic (exact) mass is 1590 g/mol. The molecule has 3 saturated heterocycles. The Morgan fingerprint density at radius 3 is 1.85 bits per heavy atom. The minimum atomic E-state index is -2.27. The summed E-state index contributed by atoms with van der Waals surface area (Å²) in [4.78, 5) is 120. The highest BCUT2D eigenvalue weighted by Crippen LogP contribution is 2.51. The first-order valence-corrected chi connectivity index (χ1v) is 36.5. The minimum Gasteiger partial charge on any atom is -0.508 e. The van der Waals surface area contributed by atoms with Crippen LogP contribution in [0.4, 0.5) is 0 Å². The van der Waals surface area contributed by atoms with Crippen LogP contribution >= 0.6 is 23.2 Å². The fourth-order valence-corrected chi connectivity index (χ4v) is 15.2. The SMILES string of the molecule is CN[C@H](CC(C)C)C(=O)N[C@H]1C(=O)C[C@@H](CC(N)=O)C(=O)N[C@H]2C(=O)C[C@H]3C(=O)N[C@H](C(=O)N[C@H](C(=O)O)c4cc(O)cc(O)c4-c4cc3ccc4O)[C@H](OC3CC(C)(N)C(O)C(C)O3)c3ccc(c(Cl)c3)Oc3cc2cc(c3OC2OC(CO)C(O)C(O)C2OC2CC(C)(N)C(O)C(C)O2)Oc2ccc(cc2Cl)[C@H]1O. The summed E-state index contributed by atoms with van der Waals surface area (Å²) in [6.07, 6.45) is -24.5. The Balaban J connectivity index is 1.19. The number of likely N-dealkylation sites (N-methyl/N-ethyl adjacent to an activating group) is 1. The van der Waals surface area contributed by atoms with E-state index in [1.54, 1.807) is 0 Å². The normalized spacial score (nSPS) is 32.2. The maximum absolute atomic E-state index is 16.5. The number of nitrogens with one attached hydrogen (secondary N) is 5. The van der Waals surface area contributed by atoms with Crippen molar-refractivity contribution in [2.45, 2.75) is 207 Å². The molecule has 5 amide bonds. The molecule has 21 N–H and O–H groups in total. The number of phenols is 3. The van der Waals surface area contributed by atoms with E-state index in [1.165, 1.54) is 71.1 Å². The highest BCUT2D eigenvalue weighted by molar-refractivity contribution is 6.32. The molecule has 22 atom stereocenters. The summed E-state index contributed by atoms with van der Waals surface area (Å²) >= 11 is 14.5. The molecule has 34 nitrogen and oxygen atoms in total. The van der Waals surface area contributed by atoms with Crippen molar-refractivity contribution in [2.24, 2.45) is 29.0 Å². The van der Waals surface area contributed by atoms with Gasteiger partial charge in [-0.3, -0.25) is 33.6 Å². The van der Waals surface area contributed by atoms with E-state index in [4.69, 9.17) is 78.3 Å². The smallest absolute Gasteiger partial charge is 0.330 e. The van der Waals surface area contributed by atoms with E-state index in [9.17, 15) is 65.4 Å². The van der Waals surface area contributed by atoms with Gasteiger partial charge in [-0.25, -0.2) is 4.79 Å². The van der Waals surface area contributed by atoms with Crippen molar-refractivity contribution in [3.05, 3.63) is 117 Å². The van der Waals surface area contributed by atoms with Crippen molar-refractivity contribution >= 4 is 70.3 Å². The van der Waals surface area contributed by atoms with Gasteiger partial charge in [0, 0.05) is 65.9 Å². The van der Waals surface area contributed by atoms with Gasteiger partial charge in [-0.1, -0.05) is 55.2 Å². The molecular weight excluding hydrogens is 1500 g/mol. The van der Waals surface area contributed by atoms with Gasteiger partial charge >= 0.3 is 5.97 Å². The van der Waals surface area contributed by atoms with Crippen molar-refractivity contribution in [1.82, 2.24) is 26.6 Å². The molecule has 8 heterocycles. The largest absolute Gasteiger partial charge is 0.508 e. The summed E-state index contributed by atoms with van der Waals surface area (Å²) in [5, 5.41) is 127. The molecule has 0 aliphatic carbocycles. The quantitative estimate of drug-likeness (QED) is 0.0715. The van der Waals surface area contributed by atoms with E-state index in [2.05, 4.69) is 26.6 Å². The van der Waals surface area contributed by atoms with Crippen molar-refractivity contribution in [1.29, 1.82) is 0 Å². The van der Waals surface area contributed by atoms with Crippen LogP contribution in [0.3, 0.4) is 0 Å². The highest BCUT2D eigenvalue weighted by atomic mass is 35.5. The van der Waals surface area contributed by atoms with E-state index in [1.807, 2.05) is 13.8 Å². The van der Waals surface area contributed by atoms with Crippen LogP contribution in [0.5, 0.6) is 46.0 Å². The number of ether oxygens (including phenoxy) is 8. The van der Waals surface area contributed by atoms with Crippen LogP contribution in [0.15, 0.2) is 78.9 Å². The van der Waals surface area contributed by atoms with Crippen molar-refractivity contribution in [3.8, 4) is 57.1 Å². The summed E-state index contributed by atoms with van der Waals surface area (Å²) in [5.74, 6) is -18.7. The molecule has 111 heavy (non-hydrogen) atoms. The number of rotatable bonds is 15. The zero-order chi connectivity index (χ0) is 80.9. The molecular formula is C75H90Cl2N8O26. The first kappa shape index (κ1) is 83.0.